The Balaban J connectivity index is 1.66. The molecular weight excluding hydrogens is 388 g/mol. The zero-order valence-corrected chi connectivity index (χ0v) is 16.6. The lowest BCUT2D eigenvalue weighted by Crippen LogP contribution is -2.30. The van der Waals surface area contributed by atoms with Gasteiger partial charge in [-0.25, -0.2) is 9.97 Å². The molecule has 3 heterocycles. The average molecular weight is 407 g/mol. The molecule has 2 aromatic heterocycles. The molecule has 5 rings (SSSR count). The van der Waals surface area contributed by atoms with Crippen LogP contribution in [0.3, 0.4) is 0 Å². The van der Waals surface area contributed by atoms with E-state index in [9.17, 15) is 5.11 Å². The van der Waals surface area contributed by atoms with E-state index in [1.165, 1.54) is 6.33 Å². The summed E-state index contributed by atoms with van der Waals surface area (Å²) in [6.45, 7) is 3.10. The van der Waals surface area contributed by atoms with Crippen LogP contribution in [-0.4, -0.2) is 38.9 Å². The number of benzene rings is 2. The lowest BCUT2D eigenvalue weighted by atomic mass is 10.0. The molecule has 1 aliphatic rings. The zero-order valence-electron chi connectivity index (χ0n) is 15.8. The monoisotopic (exact) mass is 406 g/mol. The van der Waals surface area contributed by atoms with Crippen LogP contribution >= 0.6 is 11.6 Å². The van der Waals surface area contributed by atoms with E-state index in [4.69, 9.17) is 16.1 Å². The van der Waals surface area contributed by atoms with E-state index in [2.05, 4.69) is 20.0 Å². The fourth-order valence-electron chi connectivity index (χ4n) is 3.91. The van der Waals surface area contributed by atoms with Gasteiger partial charge in [0.2, 0.25) is 0 Å². The highest BCUT2D eigenvalue weighted by Gasteiger charge is 2.33. The third-order valence-corrected chi connectivity index (χ3v) is 5.69. The number of β-amino-alcohol motifs (C(OH)–C–C–N with tert-alkyl or cyclic N) is 1. The van der Waals surface area contributed by atoms with Crippen LogP contribution in [0, 0.1) is 0 Å². The summed E-state index contributed by atoms with van der Waals surface area (Å²) in [7, 11) is 0. The highest BCUT2D eigenvalue weighted by atomic mass is 35.5. The maximum absolute atomic E-state index is 10.4. The fraction of sp³-hybridized carbons (Fsp3) is 0.227. The largest absolute Gasteiger partial charge is 0.388 e. The topological polar surface area (TPSA) is 75.3 Å². The standard InChI is InChI=1S/C22H19ClN4O2/c1-22(28)9-10-27(12-22)21-17(11-24-13-25-21)14-6-4-7-16-19(26-29-20(14)16)15-5-2-3-8-18(15)23/h2-8,11,13,28H,9-10,12H2,1H3. The van der Waals surface area contributed by atoms with E-state index >= 15 is 0 Å². The molecule has 1 fully saturated rings. The Kier molecular flexibility index (Phi) is 4.26. The maximum Gasteiger partial charge on any atom is 0.175 e. The van der Waals surface area contributed by atoms with Gasteiger partial charge in [-0.15, -0.1) is 0 Å². The van der Waals surface area contributed by atoms with Crippen LogP contribution in [0.1, 0.15) is 13.3 Å². The van der Waals surface area contributed by atoms with Crippen molar-refractivity contribution in [2.75, 3.05) is 18.0 Å². The van der Waals surface area contributed by atoms with Gasteiger partial charge in [0.05, 0.1) is 16.0 Å². The summed E-state index contributed by atoms with van der Waals surface area (Å²) in [5.41, 5.74) is 3.16. The molecule has 0 bridgehead atoms. The second kappa shape index (κ2) is 6.83. The van der Waals surface area contributed by atoms with Crippen molar-refractivity contribution in [3.63, 3.8) is 0 Å². The fourth-order valence-corrected chi connectivity index (χ4v) is 4.14. The van der Waals surface area contributed by atoms with E-state index < -0.39 is 5.60 Å². The van der Waals surface area contributed by atoms with Gasteiger partial charge in [-0.3, -0.25) is 0 Å². The molecule has 1 saturated heterocycles. The summed E-state index contributed by atoms with van der Waals surface area (Å²) in [5, 5.41) is 16.2. The molecule has 0 saturated carbocycles. The Morgan fingerprint density at radius 3 is 2.72 bits per heavy atom. The Labute approximate surface area is 172 Å². The van der Waals surface area contributed by atoms with Gasteiger partial charge >= 0.3 is 0 Å². The summed E-state index contributed by atoms with van der Waals surface area (Å²) in [5.74, 6) is 0.779. The Bertz CT molecular complexity index is 1200. The minimum Gasteiger partial charge on any atom is -0.388 e. The third-order valence-electron chi connectivity index (χ3n) is 5.36. The lowest BCUT2D eigenvalue weighted by Gasteiger charge is -2.22. The molecule has 0 radical (unpaired) electrons. The van der Waals surface area contributed by atoms with Gasteiger partial charge in [0, 0.05) is 36.0 Å². The van der Waals surface area contributed by atoms with E-state index in [-0.39, 0.29) is 0 Å². The van der Waals surface area contributed by atoms with Crippen molar-refractivity contribution >= 4 is 28.4 Å². The SMILES string of the molecule is CC1(O)CCN(c2ncncc2-c2cccc3c(-c4ccccc4Cl)noc23)C1. The third kappa shape index (κ3) is 3.14. The highest BCUT2D eigenvalue weighted by Crippen LogP contribution is 2.40. The summed E-state index contributed by atoms with van der Waals surface area (Å²) in [6, 6.07) is 13.5. The molecule has 0 aliphatic carbocycles. The second-order valence-electron chi connectivity index (χ2n) is 7.62. The predicted octanol–water partition coefficient (Wildman–Crippen LogP) is 4.57. The van der Waals surface area contributed by atoms with Crippen molar-refractivity contribution in [1.82, 2.24) is 15.1 Å². The Morgan fingerprint density at radius 2 is 1.93 bits per heavy atom. The Hall–Kier alpha value is -2.96. The van der Waals surface area contributed by atoms with Gasteiger partial charge in [0.15, 0.2) is 5.58 Å². The molecule has 1 unspecified atom stereocenters. The number of hydrogen-bond donors (Lipinski definition) is 1. The van der Waals surface area contributed by atoms with Crippen molar-refractivity contribution < 1.29 is 9.63 Å². The van der Waals surface area contributed by atoms with Crippen LogP contribution in [-0.2, 0) is 0 Å². The molecule has 0 spiro atoms. The molecule has 2 aromatic carbocycles. The first-order chi connectivity index (χ1) is 14.0. The summed E-state index contributed by atoms with van der Waals surface area (Å²) in [4.78, 5) is 10.8. The van der Waals surface area contributed by atoms with Gasteiger partial charge in [0.1, 0.15) is 17.8 Å². The second-order valence-corrected chi connectivity index (χ2v) is 8.03. The molecule has 0 amide bonds. The maximum atomic E-state index is 10.4. The van der Waals surface area contributed by atoms with E-state index in [0.717, 1.165) is 34.4 Å². The normalized spacial score (nSPS) is 19.2. The highest BCUT2D eigenvalue weighted by molar-refractivity contribution is 6.33. The van der Waals surface area contributed by atoms with Crippen molar-refractivity contribution in [2.24, 2.45) is 0 Å². The van der Waals surface area contributed by atoms with Crippen molar-refractivity contribution in [2.45, 2.75) is 18.9 Å². The first kappa shape index (κ1) is 18.1. The number of anilines is 1. The molecule has 4 aromatic rings. The number of aliphatic hydroxyl groups is 1. The summed E-state index contributed by atoms with van der Waals surface area (Å²) >= 11 is 6.38. The summed E-state index contributed by atoms with van der Waals surface area (Å²) in [6.07, 6.45) is 4.00. The van der Waals surface area contributed by atoms with Gasteiger partial charge in [0.25, 0.3) is 0 Å². The molecule has 29 heavy (non-hydrogen) atoms. The molecule has 146 valence electrons. The van der Waals surface area contributed by atoms with Crippen LogP contribution in [0.15, 0.2) is 59.5 Å². The van der Waals surface area contributed by atoms with Crippen LogP contribution in [0.5, 0.6) is 0 Å². The van der Waals surface area contributed by atoms with Crippen LogP contribution in [0.2, 0.25) is 5.02 Å². The lowest BCUT2D eigenvalue weighted by molar-refractivity contribution is 0.0839. The van der Waals surface area contributed by atoms with Gasteiger partial charge in [-0.1, -0.05) is 47.1 Å². The van der Waals surface area contributed by atoms with Crippen molar-refractivity contribution in [1.29, 1.82) is 0 Å². The molecule has 1 aliphatic heterocycles. The molecule has 1 N–H and O–H groups in total. The number of para-hydroxylation sites is 1. The minimum absolute atomic E-state index is 0.522. The number of fused-ring (bicyclic) bond motifs is 1. The molecule has 1 atom stereocenters. The van der Waals surface area contributed by atoms with E-state index in [0.29, 0.717) is 29.3 Å². The van der Waals surface area contributed by atoms with Crippen LogP contribution in [0.25, 0.3) is 33.4 Å². The number of halogens is 1. The number of hydrogen-bond acceptors (Lipinski definition) is 6. The number of aromatic nitrogens is 3. The molecule has 7 heteroatoms. The van der Waals surface area contributed by atoms with Crippen molar-refractivity contribution in [3.05, 3.63) is 60.0 Å². The average Bonchev–Trinajstić information content (AvgIpc) is 3.31. The predicted molar refractivity (Wildman–Crippen MR) is 113 cm³/mol. The smallest absolute Gasteiger partial charge is 0.175 e. The number of nitrogens with zero attached hydrogens (tertiary/aromatic N) is 4. The van der Waals surface area contributed by atoms with E-state index in [1.54, 1.807) is 6.20 Å². The number of rotatable bonds is 3. The molecular formula is C22H19ClN4O2. The van der Waals surface area contributed by atoms with Gasteiger partial charge in [-0.05, 0) is 25.5 Å². The first-order valence-corrected chi connectivity index (χ1v) is 9.82. The first-order valence-electron chi connectivity index (χ1n) is 9.44. The minimum atomic E-state index is -0.725. The van der Waals surface area contributed by atoms with Gasteiger partial charge < -0.3 is 14.5 Å². The molecule has 6 nitrogen and oxygen atoms in total. The van der Waals surface area contributed by atoms with Crippen molar-refractivity contribution in [3.8, 4) is 22.4 Å². The van der Waals surface area contributed by atoms with E-state index in [1.807, 2.05) is 49.4 Å². The van der Waals surface area contributed by atoms with Crippen LogP contribution in [0.4, 0.5) is 5.82 Å². The summed E-state index contributed by atoms with van der Waals surface area (Å²) < 4.78 is 5.77. The Morgan fingerprint density at radius 1 is 1.10 bits per heavy atom. The quantitative estimate of drug-likeness (QED) is 0.537. The van der Waals surface area contributed by atoms with Gasteiger partial charge in [-0.2, -0.15) is 0 Å². The zero-order chi connectivity index (χ0) is 20.0. The van der Waals surface area contributed by atoms with Crippen LogP contribution < -0.4 is 4.90 Å².